The normalized spacial score (nSPS) is 10.9. The summed E-state index contributed by atoms with van der Waals surface area (Å²) >= 11 is 5.94. The minimum absolute atomic E-state index is 0.0990. The molecular weight excluding hydrogens is 366 g/mol. The number of methoxy groups -OCH3 is 1. The summed E-state index contributed by atoms with van der Waals surface area (Å²) in [6.45, 7) is 1.28. The molecule has 0 fully saturated rings. The van der Waals surface area contributed by atoms with Crippen molar-refractivity contribution in [3.8, 4) is 0 Å². The van der Waals surface area contributed by atoms with Gasteiger partial charge in [0.25, 0.3) is 11.5 Å². The number of pyridine rings is 2. The average Bonchev–Trinajstić information content (AvgIpc) is 2.68. The molecule has 6 nitrogen and oxygen atoms in total. The fourth-order valence-electron chi connectivity index (χ4n) is 2.80. The first-order valence-corrected chi connectivity index (χ1v) is 8.98. The summed E-state index contributed by atoms with van der Waals surface area (Å²) in [5, 5.41) is 4.12. The molecule has 0 atom stereocenters. The molecule has 0 aliphatic heterocycles. The number of ether oxygens (including phenoxy) is 1. The molecule has 3 aromatic rings. The van der Waals surface area contributed by atoms with Crippen LogP contribution in [0.3, 0.4) is 0 Å². The number of carbonyl (C=O) groups is 1. The zero-order valence-corrected chi connectivity index (χ0v) is 15.7. The highest BCUT2D eigenvalue weighted by Gasteiger charge is 2.16. The number of nitrogens with one attached hydrogen (secondary N) is 1. The van der Waals surface area contributed by atoms with Crippen LogP contribution in [0.5, 0.6) is 0 Å². The fraction of sp³-hybridized carbons (Fsp3) is 0.250. The van der Waals surface area contributed by atoms with Crippen molar-refractivity contribution in [3.05, 3.63) is 75.2 Å². The zero-order chi connectivity index (χ0) is 19.2. The highest BCUT2D eigenvalue weighted by atomic mass is 35.5. The van der Waals surface area contributed by atoms with Gasteiger partial charge in [-0.2, -0.15) is 0 Å². The predicted octanol–water partition coefficient (Wildman–Crippen LogP) is 2.86. The van der Waals surface area contributed by atoms with Gasteiger partial charge < -0.3 is 10.1 Å². The molecule has 27 heavy (non-hydrogen) atoms. The van der Waals surface area contributed by atoms with Crippen molar-refractivity contribution < 1.29 is 9.53 Å². The van der Waals surface area contributed by atoms with Crippen LogP contribution in [-0.2, 0) is 11.3 Å². The van der Waals surface area contributed by atoms with Gasteiger partial charge >= 0.3 is 0 Å². The molecule has 0 aliphatic carbocycles. The van der Waals surface area contributed by atoms with E-state index in [4.69, 9.17) is 16.3 Å². The van der Waals surface area contributed by atoms with Crippen molar-refractivity contribution in [1.82, 2.24) is 14.9 Å². The zero-order valence-electron chi connectivity index (χ0n) is 14.9. The maximum atomic E-state index is 13.0. The number of hydrogen-bond acceptors (Lipinski definition) is 4. The van der Waals surface area contributed by atoms with E-state index < -0.39 is 5.91 Å². The maximum Gasteiger partial charge on any atom is 0.265 e. The molecule has 1 N–H and O–H groups in total. The third kappa shape index (κ3) is 4.53. The summed E-state index contributed by atoms with van der Waals surface area (Å²) in [6.07, 6.45) is 2.31. The number of fused-ring (bicyclic) bond motifs is 1. The molecule has 0 saturated carbocycles. The Hall–Kier alpha value is -2.70. The Labute approximate surface area is 161 Å². The second kappa shape index (κ2) is 8.79. The Morgan fingerprint density at radius 1 is 1.26 bits per heavy atom. The molecule has 2 heterocycles. The van der Waals surface area contributed by atoms with Crippen LogP contribution >= 0.6 is 11.6 Å². The summed E-state index contributed by atoms with van der Waals surface area (Å²) in [6, 6.07) is 12.4. The summed E-state index contributed by atoms with van der Waals surface area (Å²) in [4.78, 5) is 29.8. The van der Waals surface area contributed by atoms with Gasteiger partial charge in [-0.1, -0.05) is 23.7 Å². The molecule has 2 aromatic heterocycles. The number of amides is 1. The number of hydrogen-bond donors (Lipinski definition) is 1. The Morgan fingerprint density at radius 2 is 2.04 bits per heavy atom. The number of rotatable bonds is 7. The number of halogens is 1. The molecule has 0 aliphatic rings. The molecular formula is C20H20ClN3O3. The van der Waals surface area contributed by atoms with E-state index >= 15 is 0 Å². The molecule has 7 heteroatoms. The quantitative estimate of drug-likeness (QED) is 0.635. The van der Waals surface area contributed by atoms with Gasteiger partial charge in [-0.05, 0) is 42.3 Å². The van der Waals surface area contributed by atoms with Crippen LogP contribution in [0.1, 0.15) is 22.3 Å². The van der Waals surface area contributed by atoms with Crippen LogP contribution in [0.15, 0.2) is 53.5 Å². The highest BCUT2D eigenvalue weighted by Crippen LogP contribution is 2.15. The Kier molecular flexibility index (Phi) is 6.21. The summed E-state index contributed by atoms with van der Waals surface area (Å²) in [5.74, 6) is -0.397. The van der Waals surface area contributed by atoms with E-state index in [-0.39, 0.29) is 11.1 Å². The largest absolute Gasteiger partial charge is 0.385 e. The number of aromatic nitrogens is 2. The Balaban J connectivity index is 1.98. The van der Waals surface area contributed by atoms with E-state index in [1.807, 2.05) is 18.2 Å². The first kappa shape index (κ1) is 19.1. The Bertz CT molecular complexity index is 1000. The van der Waals surface area contributed by atoms with Gasteiger partial charge in [-0.25, -0.2) is 4.98 Å². The SMILES string of the molecule is COCCCNC(=O)c1cc2cccnc2n(Cc2ccc(Cl)cc2)c1=O. The second-order valence-corrected chi connectivity index (χ2v) is 6.53. The number of carbonyl (C=O) groups excluding carboxylic acids is 1. The minimum atomic E-state index is -0.397. The van der Waals surface area contributed by atoms with Crippen molar-refractivity contribution in [2.75, 3.05) is 20.3 Å². The first-order valence-electron chi connectivity index (χ1n) is 8.60. The van der Waals surface area contributed by atoms with Crippen LogP contribution < -0.4 is 10.9 Å². The molecule has 0 saturated heterocycles. The molecule has 0 spiro atoms. The average molecular weight is 386 g/mol. The van der Waals surface area contributed by atoms with Gasteiger partial charge in [0, 0.05) is 36.9 Å². The van der Waals surface area contributed by atoms with Crippen LogP contribution in [0.25, 0.3) is 11.0 Å². The molecule has 1 amide bonds. The number of nitrogens with zero attached hydrogens (tertiary/aromatic N) is 2. The lowest BCUT2D eigenvalue weighted by atomic mass is 10.1. The molecule has 0 bridgehead atoms. The topological polar surface area (TPSA) is 73.2 Å². The van der Waals surface area contributed by atoms with E-state index in [1.165, 1.54) is 4.57 Å². The van der Waals surface area contributed by atoms with E-state index in [2.05, 4.69) is 10.3 Å². The maximum absolute atomic E-state index is 13.0. The smallest absolute Gasteiger partial charge is 0.265 e. The van der Waals surface area contributed by atoms with E-state index in [1.54, 1.807) is 37.6 Å². The van der Waals surface area contributed by atoms with E-state index in [0.29, 0.717) is 36.8 Å². The lowest BCUT2D eigenvalue weighted by Gasteiger charge is -2.12. The predicted molar refractivity (Wildman–Crippen MR) is 105 cm³/mol. The standard InChI is InChI=1S/C20H20ClN3O3/c1-27-11-3-10-23-19(25)17-12-15-4-2-9-22-18(15)24(20(17)26)13-14-5-7-16(21)8-6-14/h2,4-9,12H,3,10-11,13H2,1H3,(H,23,25). The van der Waals surface area contributed by atoms with Crippen LogP contribution in [0.4, 0.5) is 0 Å². The van der Waals surface area contributed by atoms with Gasteiger partial charge in [0.2, 0.25) is 0 Å². The van der Waals surface area contributed by atoms with E-state index in [9.17, 15) is 9.59 Å². The van der Waals surface area contributed by atoms with Gasteiger partial charge in [0.05, 0.1) is 6.54 Å². The summed E-state index contributed by atoms with van der Waals surface area (Å²) in [7, 11) is 1.60. The van der Waals surface area contributed by atoms with Crippen molar-refractivity contribution in [2.24, 2.45) is 0 Å². The molecule has 140 valence electrons. The van der Waals surface area contributed by atoms with E-state index in [0.717, 1.165) is 10.9 Å². The van der Waals surface area contributed by atoms with Gasteiger partial charge in [-0.3, -0.25) is 14.2 Å². The highest BCUT2D eigenvalue weighted by molar-refractivity contribution is 6.30. The van der Waals surface area contributed by atoms with Crippen molar-refractivity contribution in [3.63, 3.8) is 0 Å². The lowest BCUT2D eigenvalue weighted by molar-refractivity contribution is 0.0946. The third-order valence-corrected chi connectivity index (χ3v) is 4.41. The monoisotopic (exact) mass is 385 g/mol. The molecule has 1 aromatic carbocycles. The molecule has 3 rings (SSSR count). The van der Waals surface area contributed by atoms with Crippen molar-refractivity contribution in [2.45, 2.75) is 13.0 Å². The second-order valence-electron chi connectivity index (χ2n) is 6.09. The number of benzene rings is 1. The van der Waals surface area contributed by atoms with Gasteiger partial charge in [0.15, 0.2) is 0 Å². The molecule has 0 radical (unpaired) electrons. The van der Waals surface area contributed by atoms with Gasteiger partial charge in [0.1, 0.15) is 11.2 Å². The lowest BCUT2D eigenvalue weighted by Crippen LogP contribution is -2.34. The third-order valence-electron chi connectivity index (χ3n) is 4.16. The van der Waals surface area contributed by atoms with Crippen LogP contribution in [-0.4, -0.2) is 35.7 Å². The van der Waals surface area contributed by atoms with Crippen molar-refractivity contribution >= 4 is 28.5 Å². The Morgan fingerprint density at radius 3 is 2.78 bits per heavy atom. The van der Waals surface area contributed by atoms with Crippen LogP contribution in [0, 0.1) is 0 Å². The van der Waals surface area contributed by atoms with Crippen molar-refractivity contribution in [1.29, 1.82) is 0 Å². The fourth-order valence-corrected chi connectivity index (χ4v) is 2.93. The van der Waals surface area contributed by atoms with Gasteiger partial charge in [-0.15, -0.1) is 0 Å². The molecule has 0 unspecified atom stereocenters. The minimum Gasteiger partial charge on any atom is -0.385 e. The van der Waals surface area contributed by atoms with Crippen LogP contribution in [0.2, 0.25) is 5.02 Å². The summed E-state index contributed by atoms with van der Waals surface area (Å²) < 4.78 is 6.49. The first-order chi connectivity index (χ1) is 13.1. The summed E-state index contributed by atoms with van der Waals surface area (Å²) in [5.41, 5.74) is 1.15.